The van der Waals surface area contributed by atoms with E-state index in [0.717, 1.165) is 43.8 Å². The highest BCUT2D eigenvalue weighted by atomic mass is 19.4. The third-order valence-electron chi connectivity index (χ3n) is 5.92. The maximum atomic E-state index is 12.4. The fourth-order valence-electron chi connectivity index (χ4n) is 3.91. The standard InChI is InChI=1S/C17H23N3O.2C2HF3O2/c21-16-15(14-3-7-18-8-4-14)11-17(19-16)5-9-20(10-6-17)12-13-1-2-13;2*3-2(4,5)1(6)7/h3-4,7-8,13,15H,1-2,5-6,9-12H2,(H,19,21);2*(H,6,7). The molecule has 0 radical (unpaired) electrons. The molecule has 2 aliphatic heterocycles. The second-order valence-electron chi connectivity index (χ2n) is 8.66. The second kappa shape index (κ2) is 11.2. The van der Waals surface area contributed by atoms with Crippen molar-refractivity contribution in [2.75, 3.05) is 19.6 Å². The molecule has 8 nitrogen and oxygen atoms in total. The molecular weight excluding hydrogens is 488 g/mol. The van der Waals surface area contributed by atoms with E-state index < -0.39 is 24.3 Å². The zero-order chi connectivity index (χ0) is 26.4. The summed E-state index contributed by atoms with van der Waals surface area (Å²) in [5.74, 6) is -4.33. The summed E-state index contributed by atoms with van der Waals surface area (Å²) in [6, 6.07) is 3.96. The first-order chi connectivity index (χ1) is 16.1. The second-order valence-corrected chi connectivity index (χ2v) is 8.66. The molecule has 196 valence electrons. The molecule has 1 atom stereocenters. The lowest BCUT2D eigenvalue weighted by Crippen LogP contribution is -2.51. The van der Waals surface area contributed by atoms with Crippen molar-refractivity contribution >= 4 is 17.8 Å². The number of rotatable bonds is 3. The van der Waals surface area contributed by atoms with Gasteiger partial charge in [-0.25, -0.2) is 9.59 Å². The van der Waals surface area contributed by atoms with Crippen molar-refractivity contribution in [2.45, 2.75) is 55.9 Å². The fraction of sp³-hybridized carbons (Fsp3) is 0.619. The van der Waals surface area contributed by atoms with Crippen molar-refractivity contribution in [1.82, 2.24) is 15.2 Å². The van der Waals surface area contributed by atoms with Crippen LogP contribution in [0.5, 0.6) is 0 Å². The number of pyridine rings is 1. The summed E-state index contributed by atoms with van der Waals surface area (Å²) in [4.78, 5) is 36.8. The van der Waals surface area contributed by atoms with Crippen LogP contribution in [0.4, 0.5) is 26.3 Å². The number of aliphatic carboxylic acids is 2. The topological polar surface area (TPSA) is 120 Å². The van der Waals surface area contributed by atoms with Gasteiger partial charge in [0.05, 0.1) is 5.92 Å². The molecule has 4 rings (SSSR count). The molecule has 35 heavy (non-hydrogen) atoms. The minimum atomic E-state index is -5.08. The molecule has 1 saturated carbocycles. The van der Waals surface area contributed by atoms with Gasteiger partial charge in [0.1, 0.15) is 0 Å². The Kier molecular flexibility index (Phi) is 9.09. The van der Waals surface area contributed by atoms with Crippen LogP contribution in [-0.2, 0) is 14.4 Å². The van der Waals surface area contributed by atoms with Crippen molar-refractivity contribution in [2.24, 2.45) is 5.92 Å². The monoisotopic (exact) mass is 513 g/mol. The zero-order valence-corrected chi connectivity index (χ0v) is 18.4. The summed E-state index contributed by atoms with van der Waals surface area (Å²) >= 11 is 0. The first kappa shape index (κ1) is 28.3. The molecule has 0 bridgehead atoms. The number of halogens is 6. The van der Waals surface area contributed by atoms with Crippen molar-refractivity contribution in [1.29, 1.82) is 0 Å². The molecule has 0 aromatic carbocycles. The van der Waals surface area contributed by atoms with Gasteiger partial charge < -0.3 is 20.4 Å². The van der Waals surface area contributed by atoms with Crippen LogP contribution in [0.3, 0.4) is 0 Å². The van der Waals surface area contributed by atoms with Crippen LogP contribution in [0.1, 0.15) is 43.6 Å². The molecule has 1 aromatic heterocycles. The Morgan fingerprint density at radius 2 is 1.46 bits per heavy atom. The summed E-state index contributed by atoms with van der Waals surface area (Å²) in [7, 11) is 0. The number of carboxylic acids is 2. The minimum absolute atomic E-state index is 0.0167. The lowest BCUT2D eigenvalue weighted by molar-refractivity contribution is -0.193. The Bertz CT molecular complexity index is 858. The van der Waals surface area contributed by atoms with E-state index in [-0.39, 0.29) is 17.4 Å². The van der Waals surface area contributed by atoms with Gasteiger partial charge in [0, 0.05) is 37.6 Å². The highest BCUT2D eigenvalue weighted by Gasteiger charge is 2.46. The molecule has 1 amide bonds. The Labute approximate surface area is 196 Å². The number of likely N-dealkylation sites (tertiary alicyclic amines) is 1. The van der Waals surface area contributed by atoms with Crippen LogP contribution in [0.25, 0.3) is 0 Å². The number of carbonyl (C=O) groups is 3. The lowest BCUT2D eigenvalue weighted by atomic mass is 9.82. The van der Waals surface area contributed by atoms with Crippen LogP contribution in [0.15, 0.2) is 24.5 Å². The normalized spacial score (nSPS) is 21.8. The molecule has 2 saturated heterocycles. The summed E-state index contributed by atoms with van der Waals surface area (Å²) in [5, 5.41) is 17.6. The maximum absolute atomic E-state index is 12.4. The molecule has 3 heterocycles. The maximum Gasteiger partial charge on any atom is 0.490 e. The summed E-state index contributed by atoms with van der Waals surface area (Å²) in [6.45, 7) is 3.55. The Morgan fingerprint density at radius 3 is 1.86 bits per heavy atom. The Morgan fingerprint density at radius 1 is 1.00 bits per heavy atom. The van der Waals surface area contributed by atoms with Crippen LogP contribution >= 0.6 is 0 Å². The lowest BCUT2D eigenvalue weighted by Gasteiger charge is -2.39. The molecule has 3 fully saturated rings. The molecule has 1 spiro atoms. The van der Waals surface area contributed by atoms with Crippen molar-refractivity contribution in [3.05, 3.63) is 30.1 Å². The number of hydrogen-bond acceptors (Lipinski definition) is 5. The number of piperidine rings is 1. The molecule has 14 heteroatoms. The van der Waals surface area contributed by atoms with E-state index in [1.54, 1.807) is 12.4 Å². The van der Waals surface area contributed by atoms with Gasteiger partial charge in [-0.05, 0) is 55.7 Å². The van der Waals surface area contributed by atoms with Gasteiger partial charge in [0.15, 0.2) is 0 Å². The summed E-state index contributed by atoms with van der Waals surface area (Å²) in [5.41, 5.74) is 1.16. The number of amides is 1. The van der Waals surface area contributed by atoms with E-state index in [1.807, 2.05) is 12.1 Å². The third-order valence-corrected chi connectivity index (χ3v) is 5.92. The van der Waals surface area contributed by atoms with E-state index >= 15 is 0 Å². The van der Waals surface area contributed by atoms with Gasteiger partial charge in [-0.3, -0.25) is 9.78 Å². The highest BCUT2D eigenvalue weighted by molar-refractivity contribution is 5.87. The fourth-order valence-corrected chi connectivity index (χ4v) is 3.91. The van der Waals surface area contributed by atoms with Crippen LogP contribution in [0.2, 0.25) is 0 Å². The summed E-state index contributed by atoms with van der Waals surface area (Å²) in [6.07, 6.45) is -0.601. The molecular formula is C21H25F6N3O5. The SMILES string of the molecule is O=C(O)C(F)(F)F.O=C(O)C(F)(F)F.O=C1NC2(CCN(CC3CC3)CC2)CC1c1ccncc1. The number of hydrogen-bond donors (Lipinski definition) is 3. The van der Waals surface area contributed by atoms with Gasteiger partial charge in [-0.15, -0.1) is 0 Å². The molecule has 1 aliphatic carbocycles. The van der Waals surface area contributed by atoms with E-state index in [4.69, 9.17) is 19.8 Å². The predicted molar refractivity (Wildman–Crippen MR) is 108 cm³/mol. The minimum Gasteiger partial charge on any atom is -0.475 e. The smallest absolute Gasteiger partial charge is 0.475 e. The molecule has 3 aliphatic rings. The van der Waals surface area contributed by atoms with Crippen LogP contribution in [0, 0.1) is 5.92 Å². The van der Waals surface area contributed by atoms with Crippen molar-refractivity contribution in [3.63, 3.8) is 0 Å². The van der Waals surface area contributed by atoms with Gasteiger partial charge in [0.25, 0.3) is 0 Å². The first-order valence-corrected chi connectivity index (χ1v) is 10.7. The Hall–Kier alpha value is -2.90. The largest absolute Gasteiger partial charge is 0.490 e. The van der Waals surface area contributed by atoms with E-state index in [2.05, 4.69) is 15.2 Å². The number of aromatic nitrogens is 1. The van der Waals surface area contributed by atoms with E-state index in [9.17, 15) is 31.1 Å². The average molecular weight is 513 g/mol. The van der Waals surface area contributed by atoms with Gasteiger partial charge in [-0.1, -0.05) is 0 Å². The number of alkyl halides is 6. The number of nitrogens with zero attached hydrogens (tertiary/aromatic N) is 2. The van der Waals surface area contributed by atoms with Crippen LogP contribution < -0.4 is 5.32 Å². The molecule has 1 aromatic rings. The van der Waals surface area contributed by atoms with Gasteiger partial charge in [0.2, 0.25) is 5.91 Å². The van der Waals surface area contributed by atoms with Crippen LogP contribution in [-0.4, -0.2) is 75.5 Å². The van der Waals surface area contributed by atoms with E-state index in [0.29, 0.717) is 0 Å². The number of carboxylic acid groups (broad SMARTS) is 2. The molecule has 1 unspecified atom stereocenters. The zero-order valence-electron chi connectivity index (χ0n) is 18.4. The number of nitrogens with one attached hydrogen (secondary N) is 1. The number of carbonyl (C=O) groups excluding carboxylic acids is 1. The van der Waals surface area contributed by atoms with Crippen molar-refractivity contribution < 1.29 is 50.9 Å². The summed E-state index contributed by atoms with van der Waals surface area (Å²) < 4.78 is 63.5. The van der Waals surface area contributed by atoms with Gasteiger partial charge >= 0.3 is 24.3 Å². The average Bonchev–Trinajstić information content (AvgIpc) is 3.52. The van der Waals surface area contributed by atoms with Gasteiger partial charge in [-0.2, -0.15) is 26.3 Å². The molecule has 3 N–H and O–H groups in total. The van der Waals surface area contributed by atoms with E-state index in [1.165, 1.54) is 19.4 Å². The predicted octanol–water partition coefficient (Wildman–Crippen LogP) is 3.20. The third kappa shape index (κ3) is 9.00. The quantitative estimate of drug-likeness (QED) is 0.531. The highest BCUT2D eigenvalue weighted by Crippen LogP contribution is 2.40. The first-order valence-electron chi connectivity index (χ1n) is 10.7. The van der Waals surface area contributed by atoms with Crippen molar-refractivity contribution in [3.8, 4) is 0 Å². The Balaban J connectivity index is 0.000000257.